The van der Waals surface area contributed by atoms with E-state index in [1.54, 1.807) is 0 Å². The summed E-state index contributed by atoms with van der Waals surface area (Å²) in [5, 5.41) is 11.7. The molecule has 2 N–H and O–H groups in total. The molecule has 20 heavy (non-hydrogen) atoms. The van der Waals surface area contributed by atoms with Gasteiger partial charge >= 0.3 is 11.9 Å². The summed E-state index contributed by atoms with van der Waals surface area (Å²) >= 11 is 11.5. The lowest BCUT2D eigenvalue weighted by molar-refractivity contribution is -0.156. The van der Waals surface area contributed by atoms with E-state index >= 15 is 0 Å². The van der Waals surface area contributed by atoms with Gasteiger partial charge < -0.3 is 15.2 Å². The van der Waals surface area contributed by atoms with E-state index in [0.29, 0.717) is 10.0 Å². The monoisotopic (exact) mass is 319 g/mol. The molecule has 0 aliphatic carbocycles. The summed E-state index contributed by atoms with van der Waals surface area (Å²) in [6.45, 7) is 1.08. The van der Waals surface area contributed by atoms with Crippen LogP contribution in [0.15, 0.2) is 18.2 Å². The molecule has 0 saturated carbocycles. The highest BCUT2D eigenvalue weighted by Crippen LogP contribution is 2.22. The highest BCUT2D eigenvalue weighted by atomic mass is 35.5. The first-order valence-corrected chi connectivity index (χ1v) is 6.19. The van der Waals surface area contributed by atoms with E-state index in [4.69, 9.17) is 28.3 Å². The molecule has 1 unspecified atom stereocenters. The zero-order chi connectivity index (χ0) is 15.3. The van der Waals surface area contributed by atoms with Crippen molar-refractivity contribution in [2.45, 2.75) is 19.4 Å². The van der Waals surface area contributed by atoms with Crippen molar-refractivity contribution in [3.63, 3.8) is 0 Å². The molecule has 0 aliphatic heterocycles. The Kier molecular flexibility index (Phi) is 5.79. The molecule has 0 aliphatic rings. The van der Waals surface area contributed by atoms with E-state index in [-0.39, 0.29) is 5.69 Å². The maximum absolute atomic E-state index is 11.9. The van der Waals surface area contributed by atoms with Crippen LogP contribution in [0.2, 0.25) is 10.0 Å². The predicted molar refractivity (Wildman–Crippen MR) is 72.9 cm³/mol. The molecule has 0 spiro atoms. The van der Waals surface area contributed by atoms with Gasteiger partial charge in [0.15, 0.2) is 6.10 Å². The number of carbonyl (C=O) groups is 3. The number of rotatable bonds is 5. The number of esters is 1. The second-order valence-corrected chi connectivity index (χ2v) is 4.72. The maximum atomic E-state index is 11.9. The van der Waals surface area contributed by atoms with E-state index in [1.807, 2.05) is 0 Å². The highest BCUT2D eigenvalue weighted by molar-refractivity contribution is 6.35. The Morgan fingerprint density at radius 3 is 2.25 bits per heavy atom. The van der Waals surface area contributed by atoms with Gasteiger partial charge in [-0.3, -0.25) is 14.4 Å². The third-order valence-electron chi connectivity index (χ3n) is 2.09. The standard InChI is InChI=1S/C12H11Cl2NO5/c1-6(16)20-10(5-11(17)18)12(19)15-9-3-7(13)2-8(14)4-9/h2-4,10H,5H2,1H3,(H,15,19)(H,17,18). The Labute approximate surface area is 124 Å². The Balaban J connectivity index is 2.83. The SMILES string of the molecule is CC(=O)OC(CC(=O)O)C(=O)Nc1cc(Cl)cc(Cl)c1. The fourth-order valence-electron chi connectivity index (χ4n) is 1.40. The van der Waals surface area contributed by atoms with Crippen molar-refractivity contribution in [2.75, 3.05) is 5.32 Å². The molecule has 6 nitrogen and oxygen atoms in total. The molecule has 0 saturated heterocycles. The van der Waals surface area contributed by atoms with Gasteiger partial charge in [-0.15, -0.1) is 0 Å². The first-order chi connectivity index (χ1) is 9.27. The number of carboxylic acid groups (broad SMARTS) is 1. The Bertz CT molecular complexity index is 510. The number of aliphatic carboxylic acids is 1. The number of ether oxygens (including phenoxy) is 1. The van der Waals surface area contributed by atoms with Gasteiger partial charge in [-0.1, -0.05) is 23.2 Å². The van der Waals surface area contributed by atoms with Crippen LogP contribution >= 0.6 is 23.2 Å². The molecule has 1 rings (SSSR count). The summed E-state index contributed by atoms with van der Waals surface area (Å²) < 4.78 is 4.66. The zero-order valence-corrected chi connectivity index (χ0v) is 11.9. The van der Waals surface area contributed by atoms with Crippen molar-refractivity contribution in [1.82, 2.24) is 0 Å². The Morgan fingerprint density at radius 2 is 1.80 bits per heavy atom. The van der Waals surface area contributed by atoms with Crippen LogP contribution in [0.3, 0.4) is 0 Å². The molecule has 8 heteroatoms. The molecule has 0 aromatic heterocycles. The normalized spacial score (nSPS) is 11.6. The van der Waals surface area contributed by atoms with E-state index in [0.717, 1.165) is 6.92 Å². The van der Waals surface area contributed by atoms with Crippen LogP contribution in [0.25, 0.3) is 0 Å². The van der Waals surface area contributed by atoms with Crippen LogP contribution in [0.1, 0.15) is 13.3 Å². The first-order valence-electron chi connectivity index (χ1n) is 5.44. The van der Waals surface area contributed by atoms with Crippen LogP contribution in [0.4, 0.5) is 5.69 Å². The summed E-state index contributed by atoms with van der Waals surface area (Å²) in [6.07, 6.45) is -2.07. The molecule has 0 bridgehead atoms. The smallest absolute Gasteiger partial charge is 0.307 e. The van der Waals surface area contributed by atoms with Crippen molar-refractivity contribution < 1.29 is 24.2 Å². The molecule has 0 heterocycles. The Hall–Kier alpha value is -1.79. The highest BCUT2D eigenvalue weighted by Gasteiger charge is 2.25. The van der Waals surface area contributed by atoms with E-state index < -0.39 is 30.4 Å². The van der Waals surface area contributed by atoms with Gasteiger partial charge in [0.2, 0.25) is 0 Å². The molecule has 1 amide bonds. The fraction of sp³-hybridized carbons (Fsp3) is 0.250. The average molecular weight is 320 g/mol. The molecular formula is C12H11Cl2NO5. The van der Waals surface area contributed by atoms with Gasteiger partial charge in [-0.2, -0.15) is 0 Å². The molecule has 1 atom stereocenters. The predicted octanol–water partition coefficient (Wildman–Crippen LogP) is 2.34. The van der Waals surface area contributed by atoms with Crippen LogP contribution < -0.4 is 5.32 Å². The second kappa shape index (κ2) is 7.12. The first kappa shape index (κ1) is 16.3. The van der Waals surface area contributed by atoms with E-state index in [9.17, 15) is 14.4 Å². The lowest BCUT2D eigenvalue weighted by Gasteiger charge is -2.15. The number of amides is 1. The second-order valence-electron chi connectivity index (χ2n) is 3.84. The van der Waals surface area contributed by atoms with Crippen molar-refractivity contribution in [2.24, 2.45) is 0 Å². The summed E-state index contributed by atoms with van der Waals surface area (Å²) in [7, 11) is 0. The quantitative estimate of drug-likeness (QED) is 0.812. The van der Waals surface area contributed by atoms with E-state index in [2.05, 4.69) is 10.1 Å². The maximum Gasteiger partial charge on any atom is 0.307 e. The van der Waals surface area contributed by atoms with Gasteiger partial charge in [0, 0.05) is 22.7 Å². The molecule has 0 radical (unpaired) electrons. The van der Waals surface area contributed by atoms with Gasteiger partial charge in [-0.05, 0) is 18.2 Å². The number of carbonyl (C=O) groups excluding carboxylic acids is 2. The Morgan fingerprint density at radius 1 is 1.25 bits per heavy atom. The third kappa shape index (κ3) is 5.46. The van der Waals surface area contributed by atoms with Crippen LogP contribution in [0, 0.1) is 0 Å². The van der Waals surface area contributed by atoms with Crippen molar-refractivity contribution >= 4 is 46.7 Å². The molecule has 108 valence electrons. The lowest BCUT2D eigenvalue weighted by atomic mass is 10.2. The molecular weight excluding hydrogens is 309 g/mol. The number of hydrogen-bond donors (Lipinski definition) is 2. The average Bonchev–Trinajstić information content (AvgIpc) is 2.24. The molecule has 1 aromatic rings. The number of hydrogen-bond acceptors (Lipinski definition) is 4. The van der Waals surface area contributed by atoms with Crippen LogP contribution in [0.5, 0.6) is 0 Å². The lowest BCUT2D eigenvalue weighted by Crippen LogP contribution is -2.34. The topological polar surface area (TPSA) is 92.7 Å². The summed E-state index contributed by atoms with van der Waals surface area (Å²) in [5.41, 5.74) is 0.273. The number of carboxylic acids is 1. The van der Waals surface area contributed by atoms with Crippen LogP contribution in [-0.2, 0) is 19.1 Å². The van der Waals surface area contributed by atoms with Gasteiger partial charge in [0.05, 0.1) is 6.42 Å². The van der Waals surface area contributed by atoms with Crippen molar-refractivity contribution in [3.05, 3.63) is 28.2 Å². The van der Waals surface area contributed by atoms with Crippen molar-refractivity contribution in [3.8, 4) is 0 Å². The number of nitrogens with one attached hydrogen (secondary N) is 1. The number of halogens is 2. The minimum atomic E-state index is -1.43. The summed E-state index contributed by atoms with van der Waals surface area (Å²) in [4.78, 5) is 33.4. The molecule has 0 fully saturated rings. The van der Waals surface area contributed by atoms with Gasteiger partial charge in [0.25, 0.3) is 5.91 Å². The van der Waals surface area contributed by atoms with Crippen molar-refractivity contribution in [1.29, 1.82) is 0 Å². The number of benzene rings is 1. The van der Waals surface area contributed by atoms with E-state index in [1.165, 1.54) is 18.2 Å². The number of anilines is 1. The largest absolute Gasteiger partial charge is 0.481 e. The van der Waals surface area contributed by atoms with Crippen LogP contribution in [-0.4, -0.2) is 29.1 Å². The van der Waals surface area contributed by atoms with Gasteiger partial charge in [-0.25, -0.2) is 0 Å². The summed E-state index contributed by atoms with van der Waals surface area (Å²) in [5.74, 6) is -2.80. The molecule has 1 aromatic carbocycles. The third-order valence-corrected chi connectivity index (χ3v) is 2.53. The zero-order valence-electron chi connectivity index (χ0n) is 10.4. The van der Waals surface area contributed by atoms with Gasteiger partial charge in [0.1, 0.15) is 0 Å². The minimum absolute atomic E-state index is 0.273. The fourth-order valence-corrected chi connectivity index (χ4v) is 1.92. The minimum Gasteiger partial charge on any atom is -0.481 e. The summed E-state index contributed by atoms with van der Waals surface area (Å²) in [6, 6.07) is 4.33.